The number of hydrogen-bond donors (Lipinski definition) is 4. The normalized spacial score (nSPS) is 14.0. The number of anilines is 2. The van der Waals surface area contributed by atoms with Crippen molar-refractivity contribution in [3.8, 4) is 0 Å². The molecule has 0 heterocycles. The van der Waals surface area contributed by atoms with Crippen LogP contribution in [0.3, 0.4) is 0 Å². The Balaban J connectivity index is 1.38. The van der Waals surface area contributed by atoms with Crippen LogP contribution >= 0.6 is 23.2 Å². The van der Waals surface area contributed by atoms with Gasteiger partial charge in [-0.15, -0.1) is 0 Å². The van der Waals surface area contributed by atoms with Crippen LogP contribution < -0.4 is 16.0 Å². The summed E-state index contributed by atoms with van der Waals surface area (Å²) in [6.45, 7) is 0. The zero-order valence-corrected chi connectivity index (χ0v) is 24.5. The predicted molar refractivity (Wildman–Crippen MR) is 164 cm³/mol. The van der Waals surface area contributed by atoms with E-state index in [1.807, 2.05) is 0 Å². The van der Waals surface area contributed by atoms with Gasteiger partial charge in [0.25, 0.3) is 11.8 Å². The highest BCUT2D eigenvalue weighted by Gasteiger charge is 2.26. The molecule has 9 nitrogen and oxygen atoms in total. The van der Waals surface area contributed by atoms with Crippen LogP contribution in [0.15, 0.2) is 66.7 Å². The largest absolute Gasteiger partial charge is 0.480 e. The summed E-state index contributed by atoms with van der Waals surface area (Å²) in [5.41, 5.74) is 1.85. The Kier molecular flexibility index (Phi) is 10.4. The minimum atomic E-state index is -1.25. The van der Waals surface area contributed by atoms with Gasteiger partial charge in [0.1, 0.15) is 6.04 Å². The van der Waals surface area contributed by atoms with Crippen LogP contribution in [0.2, 0.25) is 10.0 Å². The summed E-state index contributed by atoms with van der Waals surface area (Å²) in [6.07, 6.45) is 5.20. The Morgan fingerprint density at radius 3 is 2.17 bits per heavy atom. The summed E-state index contributed by atoms with van der Waals surface area (Å²) < 4.78 is 0. The van der Waals surface area contributed by atoms with Crippen molar-refractivity contribution in [2.24, 2.45) is 0 Å². The van der Waals surface area contributed by atoms with Crippen LogP contribution in [0.4, 0.5) is 16.2 Å². The van der Waals surface area contributed by atoms with Gasteiger partial charge in [-0.2, -0.15) is 0 Å². The average Bonchev–Trinajstić information content (AvgIpc) is 2.97. The maximum absolute atomic E-state index is 13.2. The van der Waals surface area contributed by atoms with Gasteiger partial charge in [-0.05, 0) is 54.8 Å². The van der Waals surface area contributed by atoms with Gasteiger partial charge in [0, 0.05) is 25.2 Å². The van der Waals surface area contributed by atoms with Crippen LogP contribution in [0.1, 0.15) is 58.4 Å². The number of nitrogens with zero attached hydrogens (tertiary/aromatic N) is 1. The molecule has 4 N–H and O–H groups in total. The predicted octanol–water partition coefficient (Wildman–Crippen LogP) is 6.47. The Hall–Kier alpha value is -4.08. The van der Waals surface area contributed by atoms with Gasteiger partial charge in [-0.25, -0.2) is 9.59 Å². The molecule has 1 saturated carbocycles. The molecular formula is C31H32Cl2N4O5. The number of rotatable bonds is 9. The monoisotopic (exact) mass is 610 g/mol. The van der Waals surface area contributed by atoms with Crippen molar-refractivity contribution in [2.45, 2.75) is 50.6 Å². The summed E-state index contributed by atoms with van der Waals surface area (Å²) in [6, 6.07) is 16.1. The lowest BCUT2D eigenvalue weighted by Gasteiger charge is -2.31. The highest BCUT2D eigenvalue weighted by Crippen LogP contribution is 2.26. The van der Waals surface area contributed by atoms with Crippen LogP contribution in [-0.4, -0.2) is 53.0 Å². The van der Waals surface area contributed by atoms with E-state index in [1.165, 1.54) is 6.42 Å². The van der Waals surface area contributed by atoms with E-state index in [2.05, 4.69) is 16.0 Å². The summed E-state index contributed by atoms with van der Waals surface area (Å²) in [7, 11) is 1.78. The fourth-order valence-corrected chi connectivity index (χ4v) is 5.56. The van der Waals surface area contributed by atoms with E-state index in [9.17, 15) is 24.3 Å². The third kappa shape index (κ3) is 7.80. The van der Waals surface area contributed by atoms with Gasteiger partial charge in [0.05, 0.1) is 26.9 Å². The van der Waals surface area contributed by atoms with Crippen molar-refractivity contribution in [1.82, 2.24) is 10.2 Å². The van der Waals surface area contributed by atoms with E-state index in [1.54, 1.807) is 78.7 Å². The molecule has 0 bridgehead atoms. The molecule has 0 saturated heterocycles. The SMILES string of the molecule is CN(C(=O)c1ccccc1NC(=O)N[C@@H](Cc1ccc(NC(=O)c2c(Cl)cccc2Cl)cc1)C(=O)O)C1CCCCC1. The lowest BCUT2D eigenvalue weighted by molar-refractivity contribution is -0.139. The number of aliphatic carboxylic acids is 1. The van der Waals surface area contributed by atoms with Crippen LogP contribution in [0.25, 0.3) is 0 Å². The second-order valence-electron chi connectivity index (χ2n) is 10.2. The van der Waals surface area contributed by atoms with Crippen LogP contribution in [0, 0.1) is 0 Å². The Labute approximate surface area is 254 Å². The zero-order chi connectivity index (χ0) is 30.2. The maximum Gasteiger partial charge on any atom is 0.326 e. The number of nitrogens with one attached hydrogen (secondary N) is 3. The molecule has 4 rings (SSSR count). The third-order valence-electron chi connectivity index (χ3n) is 7.29. The van der Waals surface area contributed by atoms with E-state index in [0.29, 0.717) is 22.5 Å². The minimum Gasteiger partial charge on any atom is -0.480 e. The van der Waals surface area contributed by atoms with E-state index >= 15 is 0 Å². The minimum absolute atomic E-state index is 0.0156. The van der Waals surface area contributed by atoms with Crippen LogP contribution in [0.5, 0.6) is 0 Å². The molecular weight excluding hydrogens is 579 g/mol. The number of para-hydroxylation sites is 1. The van der Waals surface area contributed by atoms with Crippen molar-refractivity contribution < 1.29 is 24.3 Å². The highest BCUT2D eigenvalue weighted by atomic mass is 35.5. The van der Waals surface area contributed by atoms with E-state index in [0.717, 1.165) is 25.7 Å². The van der Waals surface area contributed by atoms with Crippen molar-refractivity contribution in [2.75, 3.05) is 17.7 Å². The molecule has 1 fully saturated rings. The van der Waals surface area contributed by atoms with Gasteiger partial charge in [-0.3, -0.25) is 9.59 Å². The van der Waals surface area contributed by atoms with Gasteiger partial charge >= 0.3 is 12.0 Å². The first-order valence-electron chi connectivity index (χ1n) is 13.6. The number of amides is 4. The quantitative estimate of drug-likeness (QED) is 0.221. The summed E-state index contributed by atoms with van der Waals surface area (Å²) in [5, 5.41) is 18.0. The summed E-state index contributed by atoms with van der Waals surface area (Å²) >= 11 is 12.2. The molecule has 3 aromatic rings. The van der Waals surface area contributed by atoms with Crippen molar-refractivity contribution in [1.29, 1.82) is 0 Å². The van der Waals surface area contributed by atoms with E-state index < -0.39 is 23.9 Å². The van der Waals surface area contributed by atoms with Crippen molar-refractivity contribution >= 4 is 58.4 Å². The lowest BCUT2D eigenvalue weighted by atomic mass is 9.94. The Morgan fingerprint density at radius 1 is 0.881 bits per heavy atom. The first-order valence-corrected chi connectivity index (χ1v) is 14.4. The molecule has 11 heteroatoms. The first kappa shape index (κ1) is 30.9. The van der Waals surface area contributed by atoms with Crippen molar-refractivity contribution in [3.63, 3.8) is 0 Å². The molecule has 0 unspecified atom stereocenters. The number of urea groups is 1. The number of carbonyl (C=O) groups excluding carboxylic acids is 3. The molecule has 0 spiro atoms. The Morgan fingerprint density at radius 2 is 1.52 bits per heavy atom. The highest BCUT2D eigenvalue weighted by molar-refractivity contribution is 6.40. The number of benzene rings is 3. The number of carbonyl (C=O) groups is 4. The summed E-state index contributed by atoms with van der Waals surface area (Å²) in [5.74, 6) is -1.90. The second-order valence-corrected chi connectivity index (χ2v) is 11.0. The molecule has 1 atom stereocenters. The molecule has 4 amide bonds. The van der Waals surface area contributed by atoms with Crippen LogP contribution in [-0.2, 0) is 11.2 Å². The standard InChI is InChI=1S/C31H32Cl2N4O5/c1-37(21-8-3-2-4-9-21)29(39)22-10-5-6-13-25(22)35-31(42)36-26(30(40)41)18-19-14-16-20(17-15-19)34-28(38)27-23(32)11-7-12-24(27)33/h5-7,10-17,21,26H,2-4,8-9,18H2,1H3,(H,34,38)(H,40,41)(H2,35,36,42)/t26-/m0/s1. The number of carboxylic acids is 1. The van der Waals surface area contributed by atoms with Gasteiger partial charge < -0.3 is 26.0 Å². The van der Waals surface area contributed by atoms with E-state index in [-0.39, 0.29) is 34.0 Å². The number of hydrogen-bond acceptors (Lipinski definition) is 4. The molecule has 3 aromatic carbocycles. The molecule has 42 heavy (non-hydrogen) atoms. The summed E-state index contributed by atoms with van der Waals surface area (Å²) in [4.78, 5) is 52.4. The molecule has 220 valence electrons. The fourth-order valence-electron chi connectivity index (χ4n) is 4.99. The first-order chi connectivity index (χ1) is 20.1. The Bertz CT molecular complexity index is 1440. The molecule has 1 aliphatic rings. The second kappa shape index (κ2) is 14.2. The third-order valence-corrected chi connectivity index (χ3v) is 7.92. The molecule has 0 radical (unpaired) electrons. The van der Waals surface area contributed by atoms with E-state index in [4.69, 9.17) is 23.2 Å². The van der Waals surface area contributed by atoms with Gasteiger partial charge in [-0.1, -0.05) is 72.8 Å². The topological polar surface area (TPSA) is 128 Å². The smallest absolute Gasteiger partial charge is 0.326 e. The fraction of sp³-hybridized carbons (Fsp3) is 0.290. The number of carboxylic acid groups (broad SMARTS) is 1. The number of halogens is 2. The van der Waals surface area contributed by atoms with Crippen molar-refractivity contribution in [3.05, 3.63) is 93.5 Å². The van der Waals surface area contributed by atoms with Gasteiger partial charge in [0.15, 0.2) is 0 Å². The molecule has 0 aromatic heterocycles. The molecule has 0 aliphatic heterocycles. The lowest BCUT2D eigenvalue weighted by Crippen LogP contribution is -2.44. The average molecular weight is 612 g/mol. The van der Waals surface area contributed by atoms with Gasteiger partial charge in [0.2, 0.25) is 0 Å². The molecule has 1 aliphatic carbocycles. The maximum atomic E-state index is 13.2. The zero-order valence-electron chi connectivity index (χ0n) is 23.0.